The van der Waals surface area contributed by atoms with Crippen molar-refractivity contribution in [3.8, 4) is 0 Å². The first-order valence-corrected chi connectivity index (χ1v) is 9.79. The van der Waals surface area contributed by atoms with Crippen molar-refractivity contribution in [2.75, 3.05) is 31.1 Å². The van der Waals surface area contributed by atoms with Gasteiger partial charge in [0.1, 0.15) is 6.54 Å². The topological polar surface area (TPSA) is 75.7 Å². The number of sulfonamides is 1. The highest BCUT2D eigenvalue weighted by atomic mass is 32.2. The maximum absolute atomic E-state index is 13.1. The van der Waals surface area contributed by atoms with Gasteiger partial charge in [0.05, 0.1) is 10.6 Å². The molecule has 0 heterocycles. The summed E-state index contributed by atoms with van der Waals surface area (Å²) in [5.41, 5.74) is 1.41. The lowest BCUT2D eigenvalue weighted by atomic mass is 10.2. The van der Waals surface area contributed by atoms with Gasteiger partial charge < -0.3 is 10.1 Å². The smallest absolute Gasteiger partial charge is 0.264 e. The average molecular weight is 376 g/mol. The first-order valence-electron chi connectivity index (χ1n) is 8.35. The second kappa shape index (κ2) is 9.35. The number of carbonyl (C=O) groups is 1. The predicted molar refractivity (Wildman–Crippen MR) is 102 cm³/mol. The molecule has 2 aromatic carbocycles. The number of carbonyl (C=O) groups excluding carboxylic acids is 1. The third-order valence-corrected chi connectivity index (χ3v) is 5.58. The van der Waals surface area contributed by atoms with Crippen LogP contribution >= 0.6 is 0 Å². The minimum Gasteiger partial charge on any atom is -0.385 e. The van der Waals surface area contributed by atoms with E-state index in [0.717, 1.165) is 9.87 Å². The highest BCUT2D eigenvalue weighted by molar-refractivity contribution is 7.92. The third kappa shape index (κ3) is 5.31. The molecule has 26 heavy (non-hydrogen) atoms. The van der Waals surface area contributed by atoms with Crippen LogP contribution in [0, 0.1) is 6.92 Å². The summed E-state index contributed by atoms with van der Waals surface area (Å²) in [7, 11) is -2.26. The van der Waals surface area contributed by atoms with E-state index >= 15 is 0 Å². The molecule has 0 atom stereocenters. The Morgan fingerprint density at radius 3 is 2.35 bits per heavy atom. The molecule has 0 fully saturated rings. The number of ether oxygens (including phenoxy) is 1. The largest absolute Gasteiger partial charge is 0.385 e. The van der Waals surface area contributed by atoms with Gasteiger partial charge in [-0.05, 0) is 37.6 Å². The fourth-order valence-corrected chi connectivity index (χ4v) is 3.80. The number of para-hydroxylation sites is 1. The first kappa shape index (κ1) is 19.9. The average Bonchev–Trinajstić information content (AvgIpc) is 2.64. The Hall–Kier alpha value is -2.38. The molecule has 0 bridgehead atoms. The number of aryl methyl sites for hydroxylation is 1. The lowest BCUT2D eigenvalue weighted by Crippen LogP contribution is -2.41. The number of hydrogen-bond donors (Lipinski definition) is 1. The van der Waals surface area contributed by atoms with Crippen molar-refractivity contribution < 1.29 is 17.9 Å². The zero-order valence-electron chi connectivity index (χ0n) is 15.0. The Kier molecular flexibility index (Phi) is 7.17. The number of benzene rings is 2. The minimum absolute atomic E-state index is 0.152. The third-order valence-electron chi connectivity index (χ3n) is 3.79. The molecule has 0 aliphatic heterocycles. The van der Waals surface area contributed by atoms with Gasteiger partial charge in [-0.1, -0.05) is 35.9 Å². The molecule has 7 heteroatoms. The van der Waals surface area contributed by atoms with Crippen molar-refractivity contribution in [3.05, 3.63) is 60.2 Å². The van der Waals surface area contributed by atoms with Crippen LogP contribution in [0.5, 0.6) is 0 Å². The van der Waals surface area contributed by atoms with Gasteiger partial charge in [0, 0.05) is 20.3 Å². The molecule has 0 saturated carbocycles. The molecule has 2 rings (SSSR count). The summed E-state index contributed by atoms with van der Waals surface area (Å²) < 4.78 is 32.2. The molecule has 0 spiro atoms. The van der Waals surface area contributed by atoms with Crippen LogP contribution in [0.2, 0.25) is 0 Å². The number of nitrogens with zero attached hydrogens (tertiary/aromatic N) is 1. The van der Waals surface area contributed by atoms with Gasteiger partial charge >= 0.3 is 0 Å². The zero-order valence-corrected chi connectivity index (χ0v) is 15.8. The molecule has 0 saturated heterocycles. The highest BCUT2D eigenvalue weighted by Crippen LogP contribution is 2.23. The molecule has 2 aromatic rings. The molecule has 6 nitrogen and oxygen atoms in total. The van der Waals surface area contributed by atoms with Gasteiger partial charge in [-0.25, -0.2) is 8.42 Å². The normalized spacial score (nSPS) is 11.2. The SMILES string of the molecule is COCCCNC(=O)CN(c1ccccc1)S(=O)(=O)c1ccc(C)cc1. The lowest BCUT2D eigenvalue weighted by molar-refractivity contribution is -0.119. The molecule has 1 amide bonds. The quantitative estimate of drug-likeness (QED) is 0.682. The van der Waals surface area contributed by atoms with E-state index in [1.54, 1.807) is 61.7 Å². The monoisotopic (exact) mass is 376 g/mol. The predicted octanol–water partition coefficient (Wildman–Crippen LogP) is 2.34. The van der Waals surface area contributed by atoms with Crippen LogP contribution in [-0.2, 0) is 19.6 Å². The van der Waals surface area contributed by atoms with Crippen molar-refractivity contribution >= 4 is 21.6 Å². The summed E-state index contributed by atoms with van der Waals surface area (Å²) in [5.74, 6) is -0.361. The molecule has 0 unspecified atom stereocenters. The maximum atomic E-state index is 13.1. The molecule has 140 valence electrons. The van der Waals surface area contributed by atoms with Crippen LogP contribution in [0.4, 0.5) is 5.69 Å². The minimum atomic E-state index is -3.85. The lowest BCUT2D eigenvalue weighted by Gasteiger charge is -2.24. The van der Waals surface area contributed by atoms with E-state index < -0.39 is 10.0 Å². The van der Waals surface area contributed by atoms with Crippen molar-refractivity contribution in [3.63, 3.8) is 0 Å². The number of rotatable bonds is 9. The van der Waals surface area contributed by atoms with Crippen molar-refractivity contribution in [1.29, 1.82) is 0 Å². The standard InChI is InChI=1S/C19H24N2O4S/c1-16-9-11-18(12-10-16)26(23,24)21(17-7-4-3-5-8-17)15-19(22)20-13-6-14-25-2/h3-5,7-12H,6,13-15H2,1-2H3,(H,20,22). The molecule has 1 N–H and O–H groups in total. The summed E-state index contributed by atoms with van der Waals surface area (Å²) in [5, 5.41) is 2.73. The second-order valence-electron chi connectivity index (χ2n) is 5.86. The number of nitrogens with one attached hydrogen (secondary N) is 1. The van der Waals surface area contributed by atoms with Gasteiger partial charge in [-0.3, -0.25) is 9.10 Å². The van der Waals surface area contributed by atoms with Crippen molar-refractivity contribution in [2.45, 2.75) is 18.2 Å². The van der Waals surface area contributed by atoms with E-state index in [0.29, 0.717) is 25.3 Å². The van der Waals surface area contributed by atoms with Gasteiger partial charge in [-0.15, -0.1) is 0 Å². The first-order chi connectivity index (χ1) is 12.4. The van der Waals surface area contributed by atoms with Crippen LogP contribution in [0.15, 0.2) is 59.5 Å². The fourth-order valence-electron chi connectivity index (χ4n) is 2.38. The van der Waals surface area contributed by atoms with E-state index in [1.807, 2.05) is 6.92 Å². The summed E-state index contributed by atoms with van der Waals surface area (Å²) in [6.45, 7) is 2.57. The van der Waals surface area contributed by atoms with Crippen molar-refractivity contribution in [2.24, 2.45) is 0 Å². The highest BCUT2D eigenvalue weighted by Gasteiger charge is 2.26. The van der Waals surface area contributed by atoms with Crippen LogP contribution in [0.1, 0.15) is 12.0 Å². The Balaban J connectivity index is 2.24. The molecular formula is C19H24N2O4S. The van der Waals surface area contributed by atoms with E-state index in [4.69, 9.17) is 4.74 Å². The summed E-state index contributed by atoms with van der Waals surface area (Å²) >= 11 is 0. The van der Waals surface area contributed by atoms with Crippen molar-refractivity contribution in [1.82, 2.24) is 5.32 Å². The molecular weight excluding hydrogens is 352 g/mol. The Bertz CT molecular complexity index is 805. The maximum Gasteiger partial charge on any atom is 0.264 e. The van der Waals surface area contributed by atoms with Crippen LogP contribution < -0.4 is 9.62 Å². The zero-order chi connectivity index (χ0) is 19.0. The summed E-state index contributed by atoms with van der Waals surface area (Å²) in [6, 6.07) is 15.2. The summed E-state index contributed by atoms with van der Waals surface area (Å²) in [6.07, 6.45) is 0.665. The van der Waals surface area contributed by atoms with E-state index in [1.165, 1.54) is 0 Å². The Morgan fingerprint density at radius 1 is 1.08 bits per heavy atom. The number of methoxy groups -OCH3 is 1. The number of anilines is 1. The van der Waals surface area contributed by atoms with Gasteiger partial charge in [-0.2, -0.15) is 0 Å². The van der Waals surface area contributed by atoms with Crippen LogP contribution in [0.25, 0.3) is 0 Å². The van der Waals surface area contributed by atoms with Crippen LogP contribution in [-0.4, -0.2) is 41.1 Å². The Morgan fingerprint density at radius 2 is 1.73 bits per heavy atom. The van der Waals surface area contributed by atoms with Gasteiger partial charge in [0.25, 0.3) is 10.0 Å². The number of amides is 1. The molecule has 0 aromatic heterocycles. The van der Waals surface area contributed by atoms with Crippen LogP contribution in [0.3, 0.4) is 0 Å². The van der Waals surface area contributed by atoms with Gasteiger partial charge in [0.15, 0.2) is 0 Å². The Labute approximate surface area is 154 Å². The van der Waals surface area contributed by atoms with E-state index in [-0.39, 0.29) is 17.3 Å². The molecule has 0 aliphatic carbocycles. The van der Waals surface area contributed by atoms with Gasteiger partial charge in [0.2, 0.25) is 5.91 Å². The molecule has 0 aliphatic rings. The fraction of sp³-hybridized carbons (Fsp3) is 0.316. The van der Waals surface area contributed by atoms with E-state index in [9.17, 15) is 13.2 Å². The second-order valence-corrected chi connectivity index (χ2v) is 7.72. The summed E-state index contributed by atoms with van der Waals surface area (Å²) in [4.78, 5) is 12.4. The number of hydrogen-bond acceptors (Lipinski definition) is 4. The molecule has 0 radical (unpaired) electrons. The van der Waals surface area contributed by atoms with E-state index in [2.05, 4.69) is 5.32 Å².